The molecular formula is C9H15ClO2S. The maximum atomic E-state index is 11.3. The molecule has 0 N–H and O–H groups in total. The van der Waals surface area contributed by atoms with Crippen LogP contribution in [-0.2, 0) is 9.05 Å². The fourth-order valence-corrected chi connectivity index (χ4v) is 4.43. The Hall–Kier alpha value is 0.240. The van der Waals surface area contributed by atoms with Crippen LogP contribution >= 0.6 is 10.7 Å². The molecule has 2 saturated carbocycles. The van der Waals surface area contributed by atoms with Gasteiger partial charge in [0.1, 0.15) is 0 Å². The van der Waals surface area contributed by atoms with Crippen LogP contribution in [0.15, 0.2) is 0 Å². The second kappa shape index (κ2) is 3.43. The molecule has 0 radical (unpaired) electrons. The van der Waals surface area contributed by atoms with Gasteiger partial charge in [0.05, 0.1) is 5.25 Å². The zero-order valence-corrected chi connectivity index (χ0v) is 9.15. The van der Waals surface area contributed by atoms with Crippen LogP contribution in [-0.4, -0.2) is 13.7 Å². The third-order valence-corrected chi connectivity index (χ3v) is 5.34. The van der Waals surface area contributed by atoms with Crippen molar-refractivity contribution >= 4 is 19.7 Å². The van der Waals surface area contributed by atoms with Crippen molar-refractivity contribution in [3.63, 3.8) is 0 Å². The van der Waals surface area contributed by atoms with E-state index in [9.17, 15) is 8.42 Å². The topological polar surface area (TPSA) is 34.1 Å². The predicted molar refractivity (Wildman–Crippen MR) is 53.2 cm³/mol. The van der Waals surface area contributed by atoms with Crippen LogP contribution in [0, 0.1) is 11.8 Å². The first kappa shape index (κ1) is 9.78. The van der Waals surface area contributed by atoms with E-state index in [1.807, 2.05) is 0 Å². The fraction of sp³-hybridized carbons (Fsp3) is 1.00. The molecule has 0 heterocycles. The summed E-state index contributed by atoms with van der Waals surface area (Å²) in [6.45, 7) is 0. The zero-order valence-electron chi connectivity index (χ0n) is 7.58. The van der Waals surface area contributed by atoms with E-state index in [1.54, 1.807) is 0 Å². The molecule has 2 aliphatic rings. The minimum absolute atomic E-state index is 0.240. The molecule has 2 atom stereocenters. The molecule has 4 heteroatoms. The van der Waals surface area contributed by atoms with Gasteiger partial charge in [0, 0.05) is 10.7 Å². The molecule has 2 aliphatic carbocycles. The highest BCUT2D eigenvalue weighted by molar-refractivity contribution is 8.14. The lowest BCUT2D eigenvalue weighted by atomic mass is 9.85. The van der Waals surface area contributed by atoms with Gasteiger partial charge in [0.25, 0.3) is 0 Å². The Bertz CT molecular complexity index is 282. The Morgan fingerprint density at radius 3 is 2.15 bits per heavy atom. The third-order valence-electron chi connectivity index (χ3n) is 3.34. The number of halogens is 1. The van der Waals surface area contributed by atoms with Gasteiger partial charge in [-0.15, -0.1) is 0 Å². The second-order valence-corrected chi connectivity index (χ2v) is 7.15. The van der Waals surface area contributed by atoms with Crippen LogP contribution in [0.1, 0.15) is 38.5 Å². The Morgan fingerprint density at radius 1 is 1.00 bits per heavy atom. The van der Waals surface area contributed by atoms with E-state index in [2.05, 4.69) is 0 Å². The van der Waals surface area contributed by atoms with E-state index in [4.69, 9.17) is 10.7 Å². The molecular weight excluding hydrogens is 208 g/mol. The molecule has 2 fully saturated rings. The van der Waals surface area contributed by atoms with E-state index in [0.29, 0.717) is 11.8 Å². The maximum Gasteiger partial charge on any atom is 0.235 e. The van der Waals surface area contributed by atoms with Crippen LogP contribution in [0.25, 0.3) is 0 Å². The molecule has 0 aromatic carbocycles. The van der Waals surface area contributed by atoms with Crippen molar-refractivity contribution in [2.24, 2.45) is 11.8 Å². The summed E-state index contributed by atoms with van der Waals surface area (Å²) in [4.78, 5) is 0. The Balaban J connectivity index is 2.12. The molecule has 0 aliphatic heterocycles. The monoisotopic (exact) mass is 222 g/mol. The van der Waals surface area contributed by atoms with E-state index in [0.717, 1.165) is 19.3 Å². The van der Waals surface area contributed by atoms with Crippen molar-refractivity contribution in [2.75, 3.05) is 0 Å². The third kappa shape index (κ3) is 2.18. The maximum absolute atomic E-state index is 11.3. The average molecular weight is 223 g/mol. The van der Waals surface area contributed by atoms with Gasteiger partial charge >= 0.3 is 0 Å². The summed E-state index contributed by atoms with van der Waals surface area (Å²) in [6.07, 6.45) is 6.50. The van der Waals surface area contributed by atoms with Crippen LogP contribution in [0.4, 0.5) is 0 Å². The molecule has 13 heavy (non-hydrogen) atoms. The number of hydrogen-bond acceptors (Lipinski definition) is 2. The van der Waals surface area contributed by atoms with E-state index < -0.39 is 9.05 Å². The summed E-state index contributed by atoms with van der Waals surface area (Å²) in [5.41, 5.74) is 0. The van der Waals surface area contributed by atoms with Gasteiger partial charge < -0.3 is 0 Å². The summed E-state index contributed by atoms with van der Waals surface area (Å²) >= 11 is 0. The highest BCUT2D eigenvalue weighted by Gasteiger charge is 2.42. The Kier molecular flexibility index (Phi) is 2.58. The van der Waals surface area contributed by atoms with Gasteiger partial charge in [0.2, 0.25) is 9.05 Å². The van der Waals surface area contributed by atoms with Gasteiger partial charge in [-0.25, -0.2) is 8.42 Å². The van der Waals surface area contributed by atoms with Crippen molar-refractivity contribution in [1.29, 1.82) is 0 Å². The van der Waals surface area contributed by atoms with Crippen LogP contribution in [0.5, 0.6) is 0 Å². The van der Waals surface area contributed by atoms with Gasteiger partial charge in [-0.3, -0.25) is 0 Å². The molecule has 0 amide bonds. The first-order valence-electron chi connectivity index (χ1n) is 5.02. The van der Waals surface area contributed by atoms with Crippen molar-refractivity contribution in [1.82, 2.24) is 0 Å². The molecule has 0 aromatic heterocycles. The Labute approximate surface area is 84.1 Å². The average Bonchev–Trinajstić information content (AvgIpc) is 2.85. The smallest absolute Gasteiger partial charge is 0.212 e. The molecule has 0 saturated heterocycles. The largest absolute Gasteiger partial charge is 0.235 e. The standard InChI is InChI=1S/C9H15ClO2S/c10-13(11,12)9-4-2-1-3-8(9)7-5-6-7/h7-9H,1-6H2. The SMILES string of the molecule is O=S(=O)(Cl)C1CCCCC1C1CC1. The van der Waals surface area contributed by atoms with E-state index in [-0.39, 0.29) is 5.25 Å². The lowest BCUT2D eigenvalue weighted by Crippen LogP contribution is -2.31. The second-order valence-electron chi connectivity index (χ2n) is 4.30. The summed E-state index contributed by atoms with van der Waals surface area (Å²) in [5.74, 6) is 1.04. The minimum atomic E-state index is -3.31. The van der Waals surface area contributed by atoms with Crippen molar-refractivity contribution in [3.05, 3.63) is 0 Å². The predicted octanol–water partition coefficient (Wildman–Crippen LogP) is 2.52. The van der Waals surface area contributed by atoms with Gasteiger partial charge in [0.15, 0.2) is 0 Å². The van der Waals surface area contributed by atoms with E-state index in [1.165, 1.54) is 19.3 Å². The summed E-state index contributed by atoms with van der Waals surface area (Å²) in [5, 5.41) is -0.240. The van der Waals surface area contributed by atoms with Crippen molar-refractivity contribution < 1.29 is 8.42 Å². The molecule has 2 unspecified atom stereocenters. The number of rotatable bonds is 2. The summed E-state index contributed by atoms with van der Waals surface area (Å²) < 4.78 is 22.6. The van der Waals surface area contributed by atoms with Crippen LogP contribution in [0.2, 0.25) is 0 Å². The summed E-state index contributed by atoms with van der Waals surface area (Å²) in [6, 6.07) is 0. The van der Waals surface area contributed by atoms with Crippen molar-refractivity contribution in [3.8, 4) is 0 Å². The quantitative estimate of drug-likeness (QED) is 0.673. The molecule has 2 nitrogen and oxygen atoms in total. The number of hydrogen-bond donors (Lipinski definition) is 0. The fourth-order valence-electron chi connectivity index (χ4n) is 2.54. The lowest BCUT2D eigenvalue weighted by Gasteiger charge is -2.29. The van der Waals surface area contributed by atoms with Gasteiger partial charge in [-0.05, 0) is 37.5 Å². The molecule has 0 spiro atoms. The van der Waals surface area contributed by atoms with E-state index >= 15 is 0 Å². The highest BCUT2D eigenvalue weighted by atomic mass is 35.7. The van der Waals surface area contributed by atoms with Crippen LogP contribution in [0.3, 0.4) is 0 Å². The van der Waals surface area contributed by atoms with Crippen molar-refractivity contribution in [2.45, 2.75) is 43.8 Å². The van der Waals surface area contributed by atoms with Gasteiger partial charge in [-0.1, -0.05) is 12.8 Å². The first-order valence-corrected chi connectivity index (χ1v) is 7.40. The molecule has 0 aromatic rings. The van der Waals surface area contributed by atoms with Gasteiger partial charge in [-0.2, -0.15) is 0 Å². The molecule has 2 rings (SSSR count). The molecule has 0 bridgehead atoms. The first-order chi connectivity index (χ1) is 6.09. The molecule has 76 valence electrons. The Morgan fingerprint density at radius 2 is 1.62 bits per heavy atom. The minimum Gasteiger partial charge on any atom is -0.212 e. The highest BCUT2D eigenvalue weighted by Crippen LogP contribution is 2.46. The van der Waals surface area contributed by atoms with Crippen LogP contribution < -0.4 is 0 Å². The normalized spacial score (nSPS) is 36.1. The zero-order chi connectivity index (χ0) is 9.47. The summed E-state index contributed by atoms with van der Waals surface area (Å²) in [7, 11) is 2.14. The lowest BCUT2D eigenvalue weighted by molar-refractivity contribution is 0.324.